The highest BCUT2D eigenvalue weighted by Gasteiger charge is 2.23. The third kappa shape index (κ3) is 2.88. The van der Waals surface area contributed by atoms with Gasteiger partial charge in [-0.05, 0) is 25.0 Å². The molecular weight excluding hydrogens is 302 g/mol. The van der Waals surface area contributed by atoms with Crippen LogP contribution >= 0.6 is 0 Å². The van der Waals surface area contributed by atoms with Crippen LogP contribution in [0.3, 0.4) is 0 Å². The maximum Gasteiger partial charge on any atom is 0.261 e. The van der Waals surface area contributed by atoms with Crippen molar-refractivity contribution in [1.82, 2.24) is 15.1 Å². The fourth-order valence-electron chi connectivity index (χ4n) is 3.06. The molecule has 4 rings (SSSR count). The van der Waals surface area contributed by atoms with Gasteiger partial charge in [-0.25, -0.2) is 4.98 Å². The van der Waals surface area contributed by atoms with Crippen LogP contribution in [-0.2, 0) is 0 Å². The first-order valence-electron chi connectivity index (χ1n) is 8.16. The van der Waals surface area contributed by atoms with Crippen LogP contribution in [0.15, 0.2) is 53.2 Å². The van der Waals surface area contributed by atoms with Crippen molar-refractivity contribution >= 4 is 5.82 Å². The van der Waals surface area contributed by atoms with E-state index < -0.39 is 0 Å². The molecule has 0 radical (unpaired) electrons. The average Bonchev–Trinajstić information content (AvgIpc) is 3.12. The molecule has 2 aromatic heterocycles. The Labute approximate surface area is 140 Å². The Balaban J connectivity index is 1.69. The van der Waals surface area contributed by atoms with Crippen molar-refractivity contribution in [2.24, 2.45) is 5.73 Å². The molecule has 1 saturated heterocycles. The molecule has 6 heteroatoms. The standard InChI is InChI=1S/C18H19N5O/c19-14-8-5-11-23(12-14)17-15(9-4-10-20-17)18-21-16(22-24-18)13-6-2-1-3-7-13/h1-4,6-7,9-10,14H,5,8,11-12,19H2. The molecule has 2 N–H and O–H groups in total. The Bertz CT molecular complexity index is 817. The molecule has 3 heterocycles. The third-order valence-corrected chi connectivity index (χ3v) is 4.23. The molecule has 0 bridgehead atoms. The summed E-state index contributed by atoms with van der Waals surface area (Å²) in [4.78, 5) is 11.3. The summed E-state index contributed by atoms with van der Waals surface area (Å²) < 4.78 is 5.50. The van der Waals surface area contributed by atoms with Gasteiger partial charge in [0.15, 0.2) is 0 Å². The van der Waals surface area contributed by atoms with Crippen LogP contribution in [0.1, 0.15) is 12.8 Å². The van der Waals surface area contributed by atoms with Gasteiger partial charge < -0.3 is 15.2 Å². The summed E-state index contributed by atoms with van der Waals surface area (Å²) in [6.07, 6.45) is 3.90. The Kier molecular flexibility index (Phi) is 3.96. The van der Waals surface area contributed by atoms with Gasteiger partial charge in [0.2, 0.25) is 5.82 Å². The van der Waals surface area contributed by atoms with Crippen LogP contribution in [-0.4, -0.2) is 34.3 Å². The monoisotopic (exact) mass is 321 g/mol. The van der Waals surface area contributed by atoms with Crippen LogP contribution in [0, 0.1) is 0 Å². The van der Waals surface area contributed by atoms with Crippen molar-refractivity contribution in [3.8, 4) is 22.8 Å². The van der Waals surface area contributed by atoms with Crippen LogP contribution < -0.4 is 10.6 Å². The molecule has 1 aromatic carbocycles. The molecule has 0 aliphatic carbocycles. The van der Waals surface area contributed by atoms with E-state index in [2.05, 4.69) is 20.0 Å². The highest BCUT2D eigenvalue weighted by molar-refractivity contribution is 5.71. The summed E-state index contributed by atoms with van der Waals surface area (Å²) in [6.45, 7) is 1.74. The first kappa shape index (κ1) is 14.8. The number of aromatic nitrogens is 3. The number of nitrogens with two attached hydrogens (primary N) is 1. The zero-order chi connectivity index (χ0) is 16.4. The normalized spacial score (nSPS) is 17.9. The third-order valence-electron chi connectivity index (χ3n) is 4.23. The van der Waals surface area contributed by atoms with E-state index in [1.807, 2.05) is 42.5 Å². The lowest BCUT2D eigenvalue weighted by Gasteiger charge is -2.32. The van der Waals surface area contributed by atoms with Gasteiger partial charge in [-0.15, -0.1) is 0 Å². The van der Waals surface area contributed by atoms with Crippen molar-refractivity contribution in [3.63, 3.8) is 0 Å². The number of piperidine rings is 1. The number of benzene rings is 1. The smallest absolute Gasteiger partial charge is 0.261 e. The second-order valence-electron chi connectivity index (χ2n) is 6.01. The van der Waals surface area contributed by atoms with Crippen LogP contribution in [0.25, 0.3) is 22.8 Å². The van der Waals surface area contributed by atoms with E-state index in [-0.39, 0.29) is 6.04 Å². The number of hydrogen-bond donors (Lipinski definition) is 1. The van der Waals surface area contributed by atoms with Crippen molar-refractivity contribution in [1.29, 1.82) is 0 Å². The molecule has 1 aliphatic heterocycles. The van der Waals surface area contributed by atoms with E-state index >= 15 is 0 Å². The first-order chi connectivity index (χ1) is 11.8. The highest BCUT2D eigenvalue weighted by atomic mass is 16.5. The zero-order valence-corrected chi connectivity index (χ0v) is 13.3. The van der Waals surface area contributed by atoms with Crippen molar-refractivity contribution in [2.75, 3.05) is 18.0 Å². The lowest BCUT2D eigenvalue weighted by molar-refractivity contribution is 0.431. The summed E-state index contributed by atoms with van der Waals surface area (Å²) in [5.41, 5.74) is 7.89. The molecule has 1 aliphatic rings. The van der Waals surface area contributed by atoms with Gasteiger partial charge in [0.1, 0.15) is 5.82 Å². The van der Waals surface area contributed by atoms with E-state index in [4.69, 9.17) is 10.3 Å². The van der Waals surface area contributed by atoms with Crippen LogP contribution in [0.4, 0.5) is 5.82 Å². The van der Waals surface area contributed by atoms with Crippen molar-refractivity contribution < 1.29 is 4.52 Å². The zero-order valence-electron chi connectivity index (χ0n) is 13.3. The Morgan fingerprint density at radius 2 is 2.00 bits per heavy atom. The number of anilines is 1. The fraction of sp³-hybridized carbons (Fsp3) is 0.278. The second kappa shape index (κ2) is 6.41. The van der Waals surface area contributed by atoms with E-state index in [1.54, 1.807) is 6.20 Å². The second-order valence-corrected chi connectivity index (χ2v) is 6.01. The average molecular weight is 321 g/mol. The maximum absolute atomic E-state index is 6.11. The number of rotatable bonds is 3. The molecule has 0 saturated carbocycles. The fourth-order valence-corrected chi connectivity index (χ4v) is 3.06. The van der Waals surface area contributed by atoms with Crippen molar-refractivity contribution in [3.05, 3.63) is 48.7 Å². The van der Waals surface area contributed by atoms with Gasteiger partial charge in [0.05, 0.1) is 5.56 Å². The minimum Gasteiger partial charge on any atom is -0.354 e. The summed E-state index contributed by atoms with van der Waals surface area (Å²) in [6, 6.07) is 13.8. The first-order valence-corrected chi connectivity index (χ1v) is 8.16. The molecule has 122 valence electrons. The molecule has 1 fully saturated rings. The summed E-state index contributed by atoms with van der Waals surface area (Å²) in [5, 5.41) is 4.11. The Morgan fingerprint density at radius 3 is 2.83 bits per heavy atom. The number of nitrogens with zero attached hydrogens (tertiary/aromatic N) is 4. The van der Waals surface area contributed by atoms with E-state index in [1.165, 1.54) is 0 Å². The predicted molar refractivity (Wildman–Crippen MR) is 92.4 cm³/mol. The molecular formula is C18H19N5O. The van der Waals surface area contributed by atoms with E-state index in [9.17, 15) is 0 Å². The SMILES string of the molecule is NC1CCCN(c2ncccc2-c2nc(-c3ccccc3)no2)C1. The molecule has 0 spiro atoms. The molecule has 0 amide bonds. The molecule has 24 heavy (non-hydrogen) atoms. The molecule has 1 atom stereocenters. The summed E-state index contributed by atoms with van der Waals surface area (Å²) >= 11 is 0. The molecule has 6 nitrogen and oxygen atoms in total. The quantitative estimate of drug-likeness (QED) is 0.799. The van der Waals surface area contributed by atoms with Crippen LogP contribution in [0.5, 0.6) is 0 Å². The summed E-state index contributed by atoms with van der Waals surface area (Å²) in [7, 11) is 0. The Hall–Kier alpha value is -2.73. The largest absolute Gasteiger partial charge is 0.354 e. The minimum absolute atomic E-state index is 0.177. The topological polar surface area (TPSA) is 81.1 Å². The molecule has 3 aromatic rings. The van der Waals surface area contributed by atoms with Gasteiger partial charge >= 0.3 is 0 Å². The van der Waals surface area contributed by atoms with Gasteiger partial charge in [-0.3, -0.25) is 0 Å². The van der Waals surface area contributed by atoms with Gasteiger partial charge in [0.25, 0.3) is 5.89 Å². The van der Waals surface area contributed by atoms with Crippen LogP contribution in [0.2, 0.25) is 0 Å². The number of pyridine rings is 1. The maximum atomic E-state index is 6.11. The Morgan fingerprint density at radius 1 is 1.12 bits per heavy atom. The highest BCUT2D eigenvalue weighted by Crippen LogP contribution is 2.30. The van der Waals surface area contributed by atoms with Gasteiger partial charge in [0, 0.05) is 30.9 Å². The number of hydrogen-bond acceptors (Lipinski definition) is 6. The lowest BCUT2D eigenvalue weighted by Crippen LogP contribution is -2.43. The minimum atomic E-state index is 0.177. The summed E-state index contributed by atoms with van der Waals surface area (Å²) in [5.74, 6) is 1.92. The van der Waals surface area contributed by atoms with Gasteiger partial charge in [-0.1, -0.05) is 35.5 Å². The molecule has 1 unspecified atom stereocenters. The van der Waals surface area contributed by atoms with Crippen molar-refractivity contribution in [2.45, 2.75) is 18.9 Å². The van der Waals surface area contributed by atoms with E-state index in [0.29, 0.717) is 11.7 Å². The van der Waals surface area contributed by atoms with Gasteiger partial charge in [-0.2, -0.15) is 4.98 Å². The van der Waals surface area contributed by atoms with E-state index in [0.717, 1.165) is 42.9 Å². The lowest BCUT2D eigenvalue weighted by atomic mass is 10.1. The predicted octanol–water partition coefficient (Wildman–Crippen LogP) is 2.73.